The largest absolute Gasteiger partial charge is 0.458 e. The lowest BCUT2D eigenvalue weighted by molar-refractivity contribution is -0.146. The molecule has 8 nitrogen and oxygen atoms in total. The van der Waals surface area contributed by atoms with Gasteiger partial charge in [0, 0.05) is 5.56 Å². The Balaban J connectivity index is 1.38. The Morgan fingerprint density at radius 3 is 2.79 bits per heavy atom. The summed E-state index contributed by atoms with van der Waals surface area (Å²) >= 11 is 1.48. The van der Waals surface area contributed by atoms with Crippen LogP contribution in [0.5, 0.6) is 0 Å². The molecule has 0 aliphatic carbocycles. The highest BCUT2D eigenvalue weighted by Crippen LogP contribution is 2.23. The lowest BCUT2D eigenvalue weighted by Crippen LogP contribution is -2.23. The van der Waals surface area contributed by atoms with E-state index in [1.54, 1.807) is 0 Å². The summed E-state index contributed by atoms with van der Waals surface area (Å²) in [5, 5.41) is 5.82. The zero-order valence-corrected chi connectivity index (χ0v) is 15.0. The fraction of sp³-hybridized carbons (Fsp3) is 0.111. The van der Waals surface area contributed by atoms with E-state index < -0.39 is 24.1 Å². The van der Waals surface area contributed by atoms with E-state index in [2.05, 4.69) is 10.1 Å². The van der Waals surface area contributed by atoms with Crippen molar-refractivity contribution < 1.29 is 22.8 Å². The number of carbonyl (C=O) groups excluding carboxylic acids is 1. The Kier molecular flexibility index (Phi) is 4.85. The predicted molar refractivity (Wildman–Crippen MR) is 95.8 cm³/mol. The maximum Gasteiger partial charge on any atom is 0.437 e. The number of benzene rings is 1. The number of aromatic nitrogens is 3. The number of ether oxygens (including phenoxy) is 1. The van der Waals surface area contributed by atoms with Crippen molar-refractivity contribution in [2.24, 2.45) is 0 Å². The first-order valence-electron chi connectivity index (χ1n) is 8.06. The fourth-order valence-electron chi connectivity index (χ4n) is 2.32. The van der Waals surface area contributed by atoms with Crippen LogP contribution in [0, 0.1) is 5.82 Å². The molecule has 0 radical (unpaired) electrons. The molecule has 0 saturated heterocycles. The third-order valence-corrected chi connectivity index (χ3v) is 4.50. The number of carbonyl (C=O) groups is 1. The van der Waals surface area contributed by atoms with E-state index in [-0.39, 0.29) is 12.5 Å². The van der Waals surface area contributed by atoms with Crippen molar-refractivity contribution >= 4 is 17.3 Å². The molecule has 3 aromatic heterocycles. The second-order valence-corrected chi connectivity index (χ2v) is 6.57. The summed E-state index contributed by atoms with van der Waals surface area (Å²) in [5.74, 6) is -1.52. The molecule has 10 heteroatoms. The van der Waals surface area contributed by atoms with Gasteiger partial charge in [0.15, 0.2) is 0 Å². The van der Waals surface area contributed by atoms with Gasteiger partial charge in [0.05, 0.1) is 4.88 Å². The van der Waals surface area contributed by atoms with Crippen LogP contribution in [0.15, 0.2) is 61.7 Å². The zero-order chi connectivity index (χ0) is 19.5. The molecule has 28 heavy (non-hydrogen) atoms. The molecule has 0 bridgehead atoms. The highest BCUT2D eigenvalue weighted by molar-refractivity contribution is 7.13. The Morgan fingerprint density at radius 1 is 1.21 bits per heavy atom. The van der Waals surface area contributed by atoms with E-state index in [0.717, 1.165) is 9.56 Å². The summed E-state index contributed by atoms with van der Waals surface area (Å²) < 4.78 is 29.2. The highest BCUT2D eigenvalue weighted by Gasteiger charge is 2.15. The average Bonchev–Trinajstić information content (AvgIpc) is 3.42. The van der Waals surface area contributed by atoms with Crippen molar-refractivity contribution in [3.8, 4) is 22.2 Å². The number of hydrogen-bond acceptors (Lipinski definition) is 8. The first-order valence-corrected chi connectivity index (χ1v) is 8.94. The molecule has 4 aromatic rings. The smallest absolute Gasteiger partial charge is 0.437 e. The maximum atomic E-state index is 13.0. The van der Waals surface area contributed by atoms with Crippen LogP contribution in [0.25, 0.3) is 22.2 Å². The molecule has 0 atom stereocenters. The number of esters is 1. The monoisotopic (exact) mass is 401 g/mol. The van der Waals surface area contributed by atoms with Crippen LogP contribution in [-0.4, -0.2) is 20.7 Å². The Morgan fingerprint density at radius 2 is 2.04 bits per heavy atom. The van der Waals surface area contributed by atoms with Gasteiger partial charge in [-0.05, 0) is 35.7 Å². The first-order chi connectivity index (χ1) is 13.6. The standard InChI is InChI=1S/C18H12FN3O5S/c19-12-5-3-11(4-6-12)16-21-22(18(24)27-16)8-15(23)25-9-13-10-26-17(20-13)14-2-1-7-28-14/h1-7,10H,8-9H2. The molecular weight excluding hydrogens is 389 g/mol. The molecule has 0 amide bonds. The molecule has 0 unspecified atom stereocenters. The van der Waals surface area contributed by atoms with Gasteiger partial charge in [-0.25, -0.2) is 14.2 Å². The van der Waals surface area contributed by atoms with Gasteiger partial charge < -0.3 is 13.6 Å². The summed E-state index contributed by atoms with van der Waals surface area (Å²) in [6.45, 7) is -0.537. The number of halogens is 1. The fourth-order valence-corrected chi connectivity index (χ4v) is 2.98. The van der Waals surface area contributed by atoms with Gasteiger partial charge in [-0.3, -0.25) is 4.79 Å². The van der Waals surface area contributed by atoms with Gasteiger partial charge in [-0.2, -0.15) is 4.68 Å². The van der Waals surface area contributed by atoms with Crippen molar-refractivity contribution in [1.82, 2.24) is 14.8 Å². The van der Waals surface area contributed by atoms with E-state index in [1.807, 2.05) is 17.5 Å². The van der Waals surface area contributed by atoms with Crippen molar-refractivity contribution in [2.45, 2.75) is 13.2 Å². The van der Waals surface area contributed by atoms with Gasteiger partial charge >= 0.3 is 11.7 Å². The van der Waals surface area contributed by atoms with E-state index in [4.69, 9.17) is 13.6 Å². The van der Waals surface area contributed by atoms with Crippen LogP contribution >= 0.6 is 11.3 Å². The Hall–Kier alpha value is -3.53. The normalized spacial score (nSPS) is 10.9. The minimum absolute atomic E-state index is 0.0186. The van der Waals surface area contributed by atoms with E-state index in [9.17, 15) is 14.0 Å². The van der Waals surface area contributed by atoms with E-state index in [1.165, 1.54) is 41.9 Å². The molecule has 3 heterocycles. The van der Waals surface area contributed by atoms with Crippen LogP contribution in [0.3, 0.4) is 0 Å². The van der Waals surface area contributed by atoms with Crippen LogP contribution in [0.2, 0.25) is 0 Å². The molecule has 4 rings (SSSR count). The third kappa shape index (κ3) is 3.91. The first kappa shape index (κ1) is 17.9. The summed E-state index contributed by atoms with van der Waals surface area (Å²) in [7, 11) is 0. The Labute approximate surface area is 160 Å². The lowest BCUT2D eigenvalue weighted by Gasteiger charge is -2.01. The quantitative estimate of drug-likeness (QED) is 0.458. The lowest BCUT2D eigenvalue weighted by atomic mass is 10.2. The van der Waals surface area contributed by atoms with Crippen LogP contribution < -0.4 is 5.76 Å². The van der Waals surface area contributed by atoms with Gasteiger partial charge in [0.25, 0.3) is 0 Å². The van der Waals surface area contributed by atoms with Crippen molar-refractivity contribution in [1.29, 1.82) is 0 Å². The van der Waals surface area contributed by atoms with Crippen LogP contribution in [0.4, 0.5) is 4.39 Å². The van der Waals surface area contributed by atoms with Gasteiger partial charge in [-0.1, -0.05) is 6.07 Å². The molecule has 0 aliphatic heterocycles. The predicted octanol–water partition coefficient (Wildman–Crippen LogP) is 3.10. The van der Waals surface area contributed by atoms with E-state index >= 15 is 0 Å². The molecule has 1 aromatic carbocycles. The Bertz CT molecular complexity index is 1140. The average molecular weight is 401 g/mol. The van der Waals surface area contributed by atoms with Crippen molar-refractivity contribution in [3.63, 3.8) is 0 Å². The number of rotatable bonds is 6. The van der Waals surface area contributed by atoms with Gasteiger partial charge in [0.2, 0.25) is 11.8 Å². The zero-order valence-electron chi connectivity index (χ0n) is 14.2. The third-order valence-electron chi connectivity index (χ3n) is 3.64. The molecule has 0 fully saturated rings. The number of nitrogens with zero attached hydrogens (tertiary/aromatic N) is 3. The number of thiophene rings is 1. The maximum absolute atomic E-state index is 13.0. The topological polar surface area (TPSA) is 100 Å². The molecular formula is C18H12FN3O5S. The molecule has 0 N–H and O–H groups in total. The van der Waals surface area contributed by atoms with Crippen LogP contribution in [-0.2, 0) is 22.7 Å². The second kappa shape index (κ2) is 7.61. The van der Waals surface area contributed by atoms with Crippen molar-refractivity contribution in [3.05, 3.63) is 70.1 Å². The molecule has 0 saturated carbocycles. The minimum Gasteiger partial charge on any atom is -0.458 e. The highest BCUT2D eigenvalue weighted by atomic mass is 32.1. The number of oxazole rings is 1. The SMILES string of the molecule is O=C(Cn1nc(-c2ccc(F)cc2)oc1=O)OCc1coc(-c2cccs2)n1. The molecule has 142 valence electrons. The molecule has 0 aliphatic rings. The van der Waals surface area contributed by atoms with Crippen molar-refractivity contribution in [2.75, 3.05) is 0 Å². The summed E-state index contributed by atoms with van der Waals surface area (Å²) in [5.41, 5.74) is 0.852. The number of hydrogen-bond donors (Lipinski definition) is 0. The summed E-state index contributed by atoms with van der Waals surface area (Å²) in [6, 6.07) is 9.00. The molecule has 0 spiro atoms. The minimum atomic E-state index is -0.822. The summed E-state index contributed by atoms with van der Waals surface area (Å²) in [4.78, 5) is 28.9. The van der Waals surface area contributed by atoms with Gasteiger partial charge in [0.1, 0.15) is 30.9 Å². The van der Waals surface area contributed by atoms with Crippen LogP contribution in [0.1, 0.15) is 5.69 Å². The van der Waals surface area contributed by atoms with Gasteiger partial charge in [-0.15, -0.1) is 16.4 Å². The van der Waals surface area contributed by atoms with E-state index in [0.29, 0.717) is 17.1 Å². The summed E-state index contributed by atoms with van der Waals surface area (Å²) in [6.07, 6.45) is 1.40. The second-order valence-electron chi connectivity index (χ2n) is 5.62.